The monoisotopic (exact) mass is 360 g/mol. The number of carbonyl (C=O) groups is 1. The smallest absolute Gasteiger partial charge is 0.317 e. The summed E-state index contributed by atoms with van der Waals surface area (Å²) in [5.74, 6) is 1.98. The van der Waals surface area contributed by atoms with Crippen molar-refractivity contribution in [3.05, 3.63) is 11.6 Å². The van der Waals surface area contributed by atoms with Gasteiger partial charge in [0.2, 0.25) is 0 Å². The predicted molar refractivity (Wildman–Crippen MR) is 99.8 cm³/mol. The van der Waals surface area contributed by atoms with Gasteiger partial charge in [0, 0.05) is 32.1 Å². The lowest BCUT2D eigenvalue weighted by Gasteiger charge is -2.26. The summed E-state index contributed by atoms with van der Waals surface area (Å²) < 4.78 is 2.21. The van der Waals surface area contributed by atoms with E-state index in [1.165, 1.54) is 51.6 Å². The molecule has 1 N–H and O–H groups in total. The van der Waals surface area contributed by atoms with E-state index in [0.29, 0.717) is 12.6 Å². The Morgan fingerprint density at radius 1 is 0.923 bits per heavy atom. The molecule has 2 amide bonds. The molecule has 0 saturated carbocycles. The lowest BCUT2D eigenvalue weighted by atomic mass is 10.1. The van der Waals surface area contributed by atoms with Crippen molar-refractivity contribution < 1.29 is 4.79 Å². The minimum Gasteiger partial charge on any atom is -0.331 e. The second-order valence-corrected chi connectivity index (χ2v) is 7.97. The van der Waals surface area contributed by atoms with Gasteiger partial charge < -0.3 is 19.7 Å². The van der Waals surface area contributed by atoms with Crippen LogP contribution >= 0.6 is 0 Å². The molecule has 3 aliphatic rings. The van der Waals surface area contributed by atoms with E-state index in [0.717, 1.165) is 50.5 Å². The van der Waals surface area contributed by atoms with Gasteiger partial charge in [0.15, 0.2) is 5.82 Å². The topological polar surface area (TPSA) is 66.3 Å². The molecule has 1 atom stereocenters. The number of hydrogen-bond donors (Lipinski definition) is 1. The minimum absolute atomic E-state index is 0.0537. The summed E-state index contributed by atoms with van der Waals surface area (Å²) in [7, 11) is 0. The number of rotatable bonds is 3. The van der Waals surface area contributed by atoms with Crippen LogP contribution in [-0.4, -0.2) is 62.8 Å². The van der Waals surface area contributed by atoms with E-state index >= 15 is 0 Å². The Morgan fingerprint density at radius 2 is 1.77 bits per heavy atom. The van der Waals surface area contributed by atoms with E-state index in [4.69, 9.17) is 0 Å². The van der Waals surface area contributed by atoms with Gasteiger partial charge in [0.05, 0.1) is 6.54 Å². The minimum atomic E-state index is 0.0537. The summed E-state index contributed by atoms with van der Waals surface area (Å²) in [6.07, 6.45) is 10.7. The van der Waals surface area contributed by atoms with E-state index in [-0.39, 0.29) is 6.03 Å². The Hall–Kier alpha value is -1.63. The molecule has 26 heavy (non-hydrogen) atoms. The zero-order chi connectivity index (χ0) is 17.8. The maximum Gasteiger partial charge on any atom is 0.317 e. The molecule has 2 saturated heterocycles. The van der Waals surface area contributed by atoms with Gasteiger partial charge in [0.1, 0.15) is 5.82 Å². The number of aryl methyl sites for hydroxylation is 1. The van der Waals surface area contributed by atoms with Gasteiger partial charge in [-0.15, -0.1) is 10.2 Å². The fraction of sp³-hybridized carbons (Fsp3) is 0.842. The quantitative estimate of drug-likeness (QED) is 0.897. The fourth-order valence-corrected chi connectivity index (χ4v) is 4.70. The van der Waals surface area contributed by atoms with Crippen LogP contribution in [0.5, 0.6) is 0 Å². The van der Waals surface area contributed by atoms with Gasteiger partial charge in [-0.3, -0.25) is 0 Å². The SMILES string of the molecule is O=C(NCc1nnc2n1CCCCC2)N1CCCC(N2CCCC2)CC1. The molecule has 7 nitrogen and oxygen atoms in total. The van der Waals surface area contributed by atoms with E-state index in [2.05, 4.69) is 25.0 Å². The van der Waals surface area contributed by atoms with Crippen molar-refractivity contribution in [1.82, 2.24) is 29.9 Å². The highest BCUT2D eigenvalue weighted by molar-refractivity contribution is 5.74. The van der Waals surface area contributed by atoms with Crippen LogP contribution in [-0.2, 0) is 19.5 Å². The van der Waals surface area contributed by atoms with Crippen LogP contribution in [0.3, 0.4) is 0 Å². The van der Waals surface area contributed by atoms with Gasteiger partial charge in [-0.05, 0) is 58.0 Å². The van der Waals surface area contributed by atoms with Crippen molar-refractivity contribution in [3.63, 3.8) is 0 Å². The van der Waals surface area contributed by atoms with Gasteiger partial charge >= 0.3 is 6.03 Å². The Labute approximate surface area is 156 Å². The van der Waals surface area contributed by atoms with Gasteiger partial charge in [0.25, 0.3) is 0 Å². The largest absolute Gasteiger partial charge is 0.331 e. The number of hydrogen-bond acceptors (Lipinski definition) is 4. The molecule has 2 fully saturated rings. The Morgan fingerprint density at radius 3 is 2.65 bits per heavy atom. The standard InChI is InChI=1S/C19H32N6O/c26-19(20-15-18-22-21-17-8-2-1-3-13-25(17)18)24-12-6-7-16(9-14-24)23-10-4-5-11-23/h16H,1-15H2,(H,20,26). The van der Waals surface area contributed by atoms with Crippen LogP contribution in [0.2, 0.25) is 0 Å². The van der Waals surface area contributed by atoms with Gasteiger partial charge in [-0.1, -0.05) is 6.42 Å². The molecule has 144 valence electrons. The number of urea groups is 1. The first-order chi connectivity index (χ1) is 12.8. The highest BCUT2D eigenvalue weighted by Gasteiger charge is 2.26. The average Bonchev–Trinajstić information content (AvgIpc) is 3.17. The molecule has 0 spiro atoms. The first-order valence-electron chi connectivity index (χ1n) is 10.5. The fourth-order valence-electron chi connectivity index (χ4n) is 4.70. The van der Waals surface area contributed by atoms with E-state index in [1.807, 2.05) is 4.90 Å². The normalized spacial score (nSPS) is 24.8. The average molecular weight is 361 g/mol. The van der Waals surface area contributed by atoms with Crippen LogP contribution in [0.1, 0.15) is 63.0 Å². The van der Waals surface area contributed by atoms with Crippen molar-refractivity contribution in [2.24, 2.45) is 0 Å². The molecule has 0 bridgehead atoms. The molecule has 0 aromatic carbocycles. The van der Waals surface area contributed by atoms with Crippen LogP contribution in [0, 0.1) is 0 Å². The Bertz CT molecular complexity index is 609. The Balaban J connectivity index is 1.29. The molecule has 7 heteroatoms. The third kappa shape index (κ3) is 4.03. The summed E-state index contributed by atoms with van der Waals surface area (Å²) in [6.45, 7) is 5.69. The van der Waals surface area contributed by atoms with Gasteiger partial charge in [-0.25, -0.2) is 4.79 Å². The highest BCUT2D eigenvalue weighted by atomic mass is 16.2. The van der Waals surface area contributed by atoms with Crippen LogP contribution in [0.4, 0.5) is 4.79 Å². The number of aromatic nitrogens is 3. The summed E-state index contributed by atoms with van der Waals surface area (Å²) in [5.41, 5.74) is 0. The molecular weight excluding hydrogens is 328 g/mol. The molecule has 1 aromatic heterocycles. The van der Waals surface area contributed by atoms with Gasteiger partial charge in [-0.2, -0.15) is 0 Å². The maximum atomic E-state index is 12.7. The predicted octanol–water partition coefficient (Wildman–Crippen LogP) is 2.16. The molecule has 0 aliphatic carbocycles. The van der Waals surface area contributed by atoms with Crippen molar-refractivity contribution >= 4 is 6.03 Å². The zero-order valence-electron chi connectivity index (χ0n) is 15.8. The summed E-state index contributed by atoms with van der Waals surface area (Å²) in [6, 6.07) is 0.723. The number of nitrogens with one attached hydrogen (secondary N) is 1. The van der Waals surface area contributed by atoms with Crippen molar-refractivity contribution in [1.29, 1.82) is 0 Å². The van der Waals surface area contributed by atoms with E-state index < -0.39 is 0 Å². The number of carbonyl (C=O) groups excluding carboxylic acids is 1. The van der Waals surface area contributed by atoms with E-state index in [1.54, 1.807) is 0 Å². The van der Waals surface area contributed by atoms with Crippen LogP contribution < -0.4 is 5.32 Å². The molecular formula is C19H32N6O. The number of likely N-dealkylation sites (tertiary alicyclic amines) is 2. The first kappa shape index (κ1) is 17.8. The first-order valence-corrected chi connectivity index (χ1v) is 10.5. The molecule has 3 aliphatic heterocycles. The summed E-state index contributed by atoms with van der Waals surface area (Å²) >= 11 is 0. The molecule has 1 aromatic rings. The lowest BCUT2D eigenvalue weighted by molar-refractivity contribution is 0.193. The second kappa shape index (κ2) is 8.37. The molecule has 0 radical (unpaired) electrons. The lowest BCUT2D eigenvalue weighted by Crippen LogP contribution is -2.41. The molecule has 4 rings (SSSR count). The van der Waals surface area contributed by atoms with Crippen molar-refractivity contribution in [3.8, 4) is 0 Å². The van der Waals surface area contributed by atoms with Crippen LogP contribution in [0.15, 0.2) is 0 Å². The highest BCUT2D eigenvalue weighted by Crippen LogP contribution is 2.21. The molecule has 4 heterocycles. The number of fused-ring (bicyclic) bond motifs is 1. The van der Waals surface area contributed by atoms with Crippen molar-refractivity contribution in [2.45, 2.75) is 76.9 Å². The third-order valence-corrected chi connectivity index (χ3v) is 6.23. The van der Waals surface area contributed by atoms with Crippen LogP contribution in [0.25, 0.3) is 0 Å². The molecule has 1 unspecified atom stereocenters. The zero-order valence-corrected chi connectivity index (χ0v) is 15.8. The third-order valence-electron chi connectivity index (χ3n) is 6.23. The van der Waals surface area contributed by atoms with E-state index in [9.17, 15) is 4.79 Å². The second-order valence-electron chi connectivity index (χ2n) is 7.97. The maximum absolute atomic E-state index is 12.7. The Kier molecular flexibility index (Phi) is 5.72. The summed E-state index contributed by atoms with van der Waals surface area (Å²) in [4.78, 5) is 17.3. The van der Waals surface area contributed by atoms with Crippen molar-refractivity contribution in [2.75, 3.05) is 26.2 Å². The summed E-state index contributed by atoms with van der Waals surface area (Å²) in [5, 5.41) is 11.7. The number of amides is 2. The number of nitrogens with zero attached hydrogens (tertiary/aromatic N) is 5.